The molecule has 2 nitrogen and oxygen atoms in total. The Labute approximate surface area is 98.6 Å². The SMILES string of the molecule is C=Cc1[nH]cc(CCC(=C)N)c1C=C.CC. The van der Waals surface area contributed by atoms with E-state index in [-0.39, 0.29) is 0 Å². The van der Waals surface area contributed by atoms with Crippen molar-refractivity contribution in [3.8, 4) is 0 Å². The highest BCUT2D eigenvalue weighted by atomic mass is 14.7. The number of nitrogens with two attached hydrogens (primary N) is 1. The Morgan fingerprint density at radius 2 is 2.00 bits per heavy atom. The summed E-state index contributed by atoms with van der Waals surface area (Å²) in [6.07, 6.45) is 7.28. The highest BCUT2D eigenvalue weighted by Crippen LogP contribution is 2.18. The molecule has 0 aliphatic heterocycles. The van der Waals surface area contributed by atoms with Crippen LogP contribution in [0, 0.1) is 0 Å². The molecule has 0 saturated heterocycles. The van der Waals surface area contributed by atoms with Crippen LogP contribution in [0.2, 0.25) is 0 Å². The maximum absolute atomic E-state index is 5.52. The van der Waals surface area contributed by atoms with Gasteiger partial charge in [0.25, 0.3) is 0 Å². The summed E-state index contributed by atoms with van der Waals surface area (Å²) in [5.41, 5.74) is 9.56. The van der Waals surface area contributed by atoms with E-state index in [1.165, 1.54) is 5.56 Å². The first-order valence-corrected chi connectivity index (χ1v) is 5.57. The van der Waals surface area contributed by atoms with Crippen molar-refractivity contribution in [3.05, 3.63) is 48.5 Å². The van der Waals surface area contributed by atoms with Gasteiger partial charge in [-0.1, -0.05) is 39.7 Å². The van der Waals surface area contributed by atoms with Crippen molar-refractivity contribution in [1.29, 1.82) is 0 Å². The molecule has 16 heavy (non-hydrogen) atoms. The van der Waals surface area contributed by atoms with E-state index in [4.69, 9.17) is 5.73 Å². The lowest BCUT2D eigenvalue weighted by atomic mass is 10.1. The second-order valence-corrected chi connectivity index (χ2v) is 3.21. The first-order chi connectivity index (χ1) is 7.69. The lowest BCUT2D eigenvalue weighted by Crippen LogP contribution is -1.97. The van der Waals surface area contributed by atoms with E-state index in [0.29, 0.717) is 5.70 Å². The third-order valence-electron chi connectivity index (χ3n) is 2.16. The van der Waals surface area contributed by atoms with Crippen molar-refractivity contribution in [2.24, 2.45) is 5.73 Å². The van der Waals surface area contributed by atoms with Crippen LogP contribution in [0.25, 0.3) is 12.2 Å². The monoisotopic (exact) mass is 218 g/mol. The Morgan fingerprint density at radius 1 is 1.38 bits per heavy atom. The zero-order chi connectivity index (χ0) is 12.6. The minimum Gasteiger partial charge on any atom is -0.403 e. The van der Waals surface area contributed by atoms with Gasteiger partial charge in [-0.05, 0) is 24.5 Å². The minimum atomic E-state index is 0.710. The van der Waals surface area contributed by atoms with Gasteiger partial charge in [0.05, 0.1) is 0 Å². The number of allylic oxidation sites excluding steroid dienone is 1. The number of H-pyrrole nitrogens is 1. The smallest absolute Gasteiger partial charge is 0.0450 e. The number of aromatic nitrogens is 1. The maximum Gasteiger partial charge on any atom is 0.0450 e. The number of aromatic amines is 1. The van der Waals surface area contributed by atoms with Gasteiger partial charge >= 0.3 is 0 Å². The molecule has 1 aromatic heterocycles. The lowest BCUT2D eigenvalue weighted by Gasteiger charge is -2.00. The second-order valence-electron chi connectivity index (χ2n) is 3.21. The molecule has 1 rings (SSSR count). The molecule has 0 aliphatic rings. The van der Waals surface area contributed by atoms with Gasteiger partial charge < -0.3 is 10.7 Å². The van der Waals surface area contributed by atoms with Crippen LogP contribution in [0.3, 0.4) is 0 Å². The molecule has 3 N–H and O–H groups in total. The number of hydrogen-bond donors (Lipinski definition) is 2. The number of nitrogens with one attached hydrogen (secondary N) is 1. The predicted molar refractivity (Wildman–Crippen MR) is 74.0 cm³/mol. The summed E-state index contributed by atoms with van der Waals surface area (Å²) >= 11 is 0. The van der Waals surface area contributed by atoms with Gasteiger partial charge in [-0.15, -0.1) is 0 Å². The average molecular weight is 218 g/mol. The van der Waals surface area contributed by atoms with Crippen molar-refractivity contribution in [2.45, 2.75) is 26.7 Å². The highest BCUT2D eigenvalue weighted by molar-refractivity contribution is 5.64. The van der Waals surface area contributed by atoms with Gasteiger partial charge in [-0.2, -0.15) is 0 Å². The van der Waals surface area contributed by atoms with Gasteiger partial charge in [0.15, 0.2) is 0 Å². The van der Waals surface area contributed by atoms with Crippen molar-refractivity contribution in [1.82, 2.24) is 4.98 Å². The fourth-order valence-corrected chi connectivity index (χ4v) is 1.41. The molecule has 0 fully saturated rings. The molecule has 0 atom stereocenters. The molecule has 0 spiro atoms. The topological polar surface area (TPSA) is 41.8 Å². The fraction of sp³-hybridized carbons (Fsp3) is 0.286. The highest BCUT2D eigenvalue weighted by Gasteiger charge is 2.05. The summed E-state index contributed by atoms with van der Waals surface area (Å²) in [4.78, 5) is 3.14. The minimum absolute atomic E-state index is 0.710. The zero-order valence-electron chi connectivity index (χ0n) is 10.3. The fourth-order valence-electron chi connectivity index (χ4n) is 1.41. The van der Waals surface area contributed by atoms with Gasteiger partial charge in [0, 0.05) is 23.2 Å². The maximum atomic E-state index is 5.52. The van der Waals surface area contributed by atoms with Crippen LogP contribution in [0.5, 0.6) is 0 Å². The Hall–Kier alpha value is -1.70. The van der Waals surface area contributed by atoms with Crippen molar-refractivity contribution in [3.63, 3.8) is 0 Å². The van der Waals surface area contributed by atoms with E-state index >= 15 is 0 Å². The number of aryl methyl sites for hydroxylation is 1. The van der Waals surface area contributed by atoms with Crippen molar-refractivity contribution < 1.29 is 0 Å². The molecule has 2 heteroatoms. The second kappa shape index (κ2) is 7.57. The van der Waals surface area contributed by atoms with Crippen LogP contribution < -0.4 is 5.73 Å². The molecule has 0 saturated carbocycles. The quantitative estimate of drug-likeness (QED) is 0.776. The van der Waals surface area contributed by atoms with Crippen LogP contribution in [0.15, 0.2) is 31.6 Å². The Morgan fingerprint density at radius 3 is 2.44 bits per heavy atom. The third kappa shape index (κ3) is 3.81. The molecule has 0 amide bonds. The molecule has 0 bridgehead atoms. The summed E-state index contributed by atoms with van der Waals surface area (Å²) < 4.78 is 0. The van der Waals surface area contributed by atoms with E-state index in [1.807, 2.05) is 26.1 Å². The Bertz CT molecular complexity index is 359. The van der Waals surface area contributed by atoms with E-state index in [9.17, 15) is 0 Å². The van der Waals surface area contributed by atoms with E-state index < -0.39 is 0 Å². The van der Waals surface area contributed by atoms with Crippen LogP contribution in [-0.4, -0.2) is 4.98 Å². The van der Waals surface area contributed by atoms with Gasteiger partial charge in [0.2, 0.25) is 0 Å². The van der Waals surface area contributed by atoms with E-state index in [0.717, 1.165) is 24.1 Å². The first-order valence-electron chi connectivity index (χ1n) is 5.57. The molecule has 1 aromatic rings. The van der Waals surface area contributed by atoms with Crippen molar-refractivity contribution >= 4 is 12.2 Å². The molecule has 88 valence electrons. The Balaban J connectivity index is 0.00000106. The third-order valence-corrected chi connectivity index (χ3v) is 2.16. The normalized spacial score (nSPS) is 8.88. The molecule has 0 radical (unpaired) electrons. The van der Waals surface area contributed by atoms with E-state index in [1.54, 1.807) is 6.08 Å². The summed E-state index contributed by atoms with van der Waals surface area (Å²) in [5, 5.41) is 0. The summed E-state index contributed by atoms with van der Waals surface area (Å²) in [7, 11) is 0. The van der Waals surface area contributed by atoms with Gasteiger partial charge in [0.1, 0.15) is 0 Å². The molecular weight excluding hydrogens is 196 g/mol. The molecule has 0 aromatic carbocycles. The summed E-state index contributed by atoms with van der Waals surface area (Å²) in [6, 6.07) is 0. The van der Waals surface area contributed by atoms with E-state index in [2.05, 4.69) is 24.7 Å². The Kier molecular flexibility index (Phi) is 6.77. The average Bonchev–Trinajstić information content (AvgIpc) is 2.70. The van der Waals surface area contributed by atoms with Gasteiger partial charge in [-0.3, -0.25) is 0 Å². The number of rotatable bonds is 5. The molecule has 0 unspecified atom stereocenters. The van der Waals surface area contributed by atoms with Crippen LogP contribution >= 0.6 is 0 Å². The van der Waals surface area contributed by atoms with Crippen LogP contribution in [-0.2, 0) is 6.42 Å². The largest absolute Gasteiger partial charge is 0.403 e. The first kappa shape index (κ1) is 14.3. The molecule has 0 aliphatic carbocycles. The molecular formula is C14H22N2. The number of hydrogen-bond acceptors (Lipinski definition) is 1. The summed E-state index contributed by atoms with van der Waals surface area (Å²) in [6.45, 7) is 15.2. The lowest BCUT2D eigenvalue weighted by molar-refractivity contribution is 0.931. The van der Waals surface area contributed by atoms with Crippen LogP contribution in [0.1, 0.15) is 37.1 Å². The standard InChI is InChI=1S/C12H16N2.C2H6/c1-4-11-10(7-6-9(3)13)8-14-12(11)5-2;1-2/h4-5,8,14H,1-3,6-7,13H2;1-2H3. The molecule has 1 heterocycles. The predicted octanol–water partition coefficient (Wildman–Crippen LogP) is 3.73. The van der Waals surface area contributed by atoms with Crippen molar-refractivity contribution in [2.75, 3.05) is 0 Å². The zero-order valence-corrected chi connectivity index (χ0v) is 10.3. The van der Waals surface area contributed by atoms with Crippen LogP contribution in [0.4, 0.5) is 0 Å². The summed E-state index contributed by atoms with van der Waals surface area (Å²) in [5.74, 6) is 0. The van der Waals surface area contributed by atoms with Gasteiger partial charge in [-0.25, -0.2) is 0 Å².